The van der Waals surface area contributed by atoms with Gasteiger partial charge in [-0.1, -0.05) is 6.92 Å². The highest BCUT2D eigenvalue weighted by atomic mass is 16.5. The van der Waals surface area contributed by atoms with Gasteiger partial charge in [0.1, 0.15) is 0 Å². The summed E-state index contributed by atoms with van der Waals surface area (Å²) >= 11 is 0. The highest BCUT2D eigenvalue weighted by Gasteiger charge is 2.39. The van der Waals surface area contributed by atoms with Crippen LogP contribution in [0.5, 0.6) is 0 Å². The first-order valence-electron chi connectivity index (χ1n) is 5.45. The van der Waals surface area contributed by atoms with Crippen LogP contribution in [0.3, 0.4) is 0 Å². The van der Waals surface area contributed by atoms with E-state index >= 15 is 0 Å². The number of morpholine rings is 1. The summed E-state index contributed by atoms with van der Waals surface area (Å²) in [5.74, 6) is 0. The van der Waals surface area contributed by atoms with Crippen molar-refractivity contribution in [3.05, 3.63) is 0 Å². The van der Waals surface area contributed by atoms with E-state index in [-0.39, 0.29) is 0 Å². The van der Waals surface area contributed by atoms with E-state index < -0.39 is 0 Å². The standard InChI is InChI=1S/C11H21NO/c1-9-6-12(7-10(2)13-9)8-11(3)4-5-11/h9-10H,4-8H2,1-3H3/t9-,10+. The van der Waals surface area contributed by atoms with Gasteiger partial charge in [-0.2, -0.15) is 0 Å². The lowest BCUT2D eigenvalue weighted by atomic mass is 10.1. The summed E-state index contributed by atoms with van der Waals surface area (Å²) in [4.78, 5) is 2.58. The Morgan fingerprint density at radius 2 is 1.77 bits per heavy atom. The lowest BCUT2D eigenvalue weighted by molar-refractivity contribution is -0.0719. The number of ether oxygens (including phenoxy) is 1. The average molecular weight is 183 g/mol. The summed E-state index contributed by atoms with van der Waals surface area (Å²) in [6.07, 6.45) is 3.69. The molecule has 1 aliphatic heterocycles. The molecule has 1 aliphatic carbocycles. The summed E-state index contributed by atoms with van der Waals surface area (Å²) in [6.45, 7) is 10.3. The molecule has 2 heteroatoms. The minimum atomic E-state index is 0.422. The molecule has 1 saturated carbocycles. The molecule has 0 amide bonds. The zero-order valence-corrected chi connectivity index (χ0v) is 9.05. The highest BCUT2D eigenvalue weighted by Crippen LogP contribution is 2.45. The Kier molecular flexibility index (Phi) is 2.37. The molecule has 13 heavy (non-hydrogen) atoms. The first-order valence-corrected chi connectivity index (χ1v) is 5.45. The lowest BCUT2D eigenvalue weighted by Crippen LogP contribution is -2.47. The van der Waals surface area contributed by atoms with Gasteiger partial charge in [0.05, 0.1) is 12.2 Å². The van der Waals surface area contributed by atoms with Crippen molar-refractivity contribution in [2.75, 3.05) is 19.6 Å². The first kappa shape index (κ1) is 9.47. The fourth-order valence-electron chi connectivity index (χ4n) is 2.32. The largest absolute Gasteiger partial charge is 0.373 e. The van der Waals surface area contributed by atoms with Crippen molar-refractivity contribution in [1.82, 2.24) is 4.90 Å². The molecule has 2 atom stereocenters. The van der Waals surface area contributed by atoms with Crippen LogP contribution in [0.2, 0.25) is 0 Å². The van der Waals surface area contributed by atoms with Crippen LogP contribution in [-0.4, -0.2) is 36.7 Å². The van der Waals surface area contributed by atoms with Crippen LogP contribution in [0, 0.1) is 5.41 Å². The number of rotatable bonds is 2. The molecule has 2 fully saturated rings. The molecule has 2 aliphatic rings. The van der Waals surface area contributed by atoms with Gasteiger partial charge in [0.15, 0.2) is 0 Å². The zero-order valence-electron chi connectivity index (χ0n) is 9.05. The molecule has 2 rings (SSSR count). The van der Waals surface area contributed by atoms with Crippen LogP contribution in [0.15, 0.2) is 0 Å². The fraction of sp³-hybridized carbons (Fsp3) is 1.00. The number of nitrogens with zero attached hydrogens (tertiary/aromatic N) is 1. The predicted molar refractivity (Wildman–Crippen MR) is 53.8 cm³/mol. The third-order valence-electron chi connectivity index (χ3n) is 3.20. The van der Waals surface area contributed by atoms with Crippen LogP contribution in [0.25, 0.3) is 0 Å². The molecule has 1 saturated heterocycles. The lowest BCUT2D eigenvalue weighted by Gasteiger charge is -2.36. The first-order chi connectivity index (χ1) is 6.07. The Hall–Kier alpha value is -0.0800. The third kappa shape index (κ3) is 2.44. The number of hydrogen-bond donors (Lipinski definition) is 0. The fourth-order valence-corrected chi connectivity index (χ4v) is 2.32. The predicted octanol–water partition coefficient (Wildman–Crippen LogP) is 1.90. The molecule has 0 radical (unpaired) electrons. The Bertz CT molecular complexity index is 179. The van der Waals surface area contributed by atoms with Crippen LogP contribution in [0.1, 0.15) is 33.6 Å². The molecule has 0 bridgehead atoms. The maximum Gasteiger partial charge on any atom is 0.0678 e. The van der Waals surface area contributed by atoms with Crippen molar-refractivity contribution in [1.29, 1.82) is 0 Å². The smallest absolute Gasteiger partial charge is 0.0678 e. The van der Waals surface area contributed by atoms with E-state index in [9.17, 15) is 0 Å². The normalized spacial score (nSPS) is 39.0. The van der Waals surface area contributed by atoms with E-state index in [0.29, 0.717) is 17.6 Å². The molecule has 0 aromatic carbocycles. The quantitative estimate of drug-likeness (QED) is 0.648. The summed E-state index contributed by atoms with van der Waals surface area (Å²) in [5, 5.41) is 0. The number of hydrogen-bond acceptors (Lipinski definition) is 2. The second-order valence-electron chi connectivity index (χ2n) is 5.26. The van der Waals surface area contributed by atoms with Gasteiger partial charge in [-0.25, -0.2) is 0 Å². The van der Waals surface area contributed by atoms with Crippen molar-refractivity contribution >= 4 is 0 Å². The van der Waals surface area contributed by atoms with E-state index in [1.807, 2.05) is 0 Å². The summed E-state index contributed by atoms with van der Waals surface area (Å²) in [6, 6.07) is 0. The molecule has 0 unspecified atom stereocenters. The Balaban J connectivity index is 1.84. The van der Waals surface area contributed by atoms with Crippen molar-refractivity contribution in [3.8, 4) is 0 Å². The highest BCUT2D eigenvalue weighted by molar-refractivity contribution is 4.92. The molecule has 1 heterocycles. The van der Waals surface area contributed by atoms with Gasteiger partial charge < -0.3 is 4.74 Å². The molecule has 76 valence electrons. The van der Waals surface area contributed by atoms with Crippen LogP contribution >= 0.6 is 0 Å². The SMILES string of the molecule is C[C@@H]1CN(CC2(C)CC2)C[C@H](C)O1. The van der Waals surface area contributed by atoms with Crippen molar-refractivity contribution in [2.24, 2.45) is 5.41 Å². The van der Waals surface area contributed by atoms with Crippen molar-refractivity contribution in [2.45, 2.75) is 45.8 Å². The van der Waals surface area contributed by atoms with Crippen LogP contribution in [-0.2, 0) is 4.74 Å². The second-order valence-corrected chi connectivity index (χ2v) is 5.26. The van der Waals surface area contributed by atoms with Gasteiger partial charge in [-0.05, 0) is 32.1 Å². The van der Waals surface area contributed by atoms with Crippen molar-refractivity contribution < 1.29 is 4.74 Å². The van der Waals surface area contributed by atoms with E-state index in [0.717, 1.165) is 13.1 Å². The third-order valence-corrected chi connectivity index (χ3v) is 3.20. The van der Waals surface area contributed by atoms with E-state index in [1.165, 1.54) is 19.4 Å². The Morgan fingerprint density at radius 1 is 1.23 bits per heavy atom. The van der Waals surface area contributed by atoms with Gasteiger partial charge in [0, 0.05) is 19.6 Å². The van der Waals surface area contributed by atoms with E-state index in [2.05, 4.69) is 25.7 Å². The van der Waals surface area contributed by atoms with E-state index in [4.69, 9.17) is 4.74 Å². The average Bonchev–Trinajstić information content (AvgIpc) is 2.64. The molecular formula is C11H21NO. The van der Waals surface area contributed by atoms with Crippen LogP contribution < -0.4 is 0 Å². The van der Waals surface area contributed by atoms with Gasteiger partial charge in [0.2, 0.25) is 0 Å². The minimum Gasteiger partial charge on any atom is -0.373 e. The van der Waals surface area contributed by atoms with Crippen LogP contribution in [0.4, 0.5) is 0 Å². The van der Waals surface area contributed by atoms with Gasteiger partial charge in [-0.15, -0.1) is 0 Å². The summed E-state index contributed by atoms with van der Waals surface area (Å²) < 4.78 is 5.71. The molecule has 0 N–H and O–H groups in total. The Morgan fingerprint density at radius 3 is 2.23 bits per heavy atom. The molecular weight excluding hydrogens is 162 g/mol. The van der Waals surface area contributed by atoms with E-state index in [1.54, 1.807) is 0 Å². The monoisotopic (exact) mass is 183 g/mol. The topological polar surface area (TPSA) is 12.5 Å². The molecule has 2 nitrogen and oxygen atoms in total. The molecule has 0 aromatic rings. The summed E-state index contributed by atoms with van der Waals surface area (Å²) in [5.41, 5.74) is 0.650. The molecule has 0 spiro atoms. The maximum absolute atomic E-state index is 5.71. The molecule has 0 aromatic heterocycles. The van der Waals surface area contributed by atoms with Gasteiger partial charge >= 0.3 is 0 Å². The minimum absolute atomic E-state index is 0.422. The summed E-state index contributed by atoms with van der Waals surface area (Å²) in [7, 11) is 0. The maximum atomic E-state index is 5.71. The van der Waals surface area contributed by atoms with Gasteiger partial charge in [-0.3, -0.25) is 4.90 Å². The van der Waals surface area contributed by atoms with Crippen molar-refractivity contribution in [3.63, 3.8) is 0 Å². The van der Waals surface area contributed by atoms with Gasteiger partial charge in [0.25, 0.3) is 0 Å². The zero-order chi connectivity index (χ0) is 9.47. The Labute approximate surface area is 81.3 Å². The second kappa shape index (κ2) is 3.25.